The van der Waals surface area contributed by atoms with Crippen LogP contribution in [0.15, 0.2) is 53.9 Å². The molecule has 28 heavy (non-hydrogen) atoms. The third kappa shape index (κ3) is 4.77. The summed E-state index contributed by atoms with van der Waals surface area (Å²) in [7, 11) is 0. The van der Waals surface area contributed by atoms with E-state index in [0.29, 0.717) is 17.2 Å². The van der Waals surface area contributed by atoms with Crippen molar-refractivity contribution in [2.45, 2.75) is 13.5 Å². The van der Waals surface area contributed by atoms with Gasteiger partial charge in [-0.2, -0.15) is 0 Å². The maximum Gasteiger partial charge on any atom is 0.269 e. The van der Waals surface area contributed by atoms with Crippen LogP contribution in [-0.4, -0.2) is 21.7 Å². The predicted molar refractivity (Wildman–Crippen MR) is 106 cm³/mol. The predicted octanol–water partition coefficient (Wildman–Crippen LogP) is 3.61. The lowest BCUT2D eigenvalue weighted by Crippen LogP contribution is -2.18. The van der Waals surface area contributed by atoms with E-state index in [4.69, 9.17) is 0 Å². The van der Waals surface area contributed by atoms with Gasteiger partial charge in [0.1, 0.15) is 0 Å². The number of nitro benzene ring substituents is 1. The van der Waals surface area contributed by atoms with Crippen LogP contribution in [0.4, 0.5) is 10.8 Å². The molecule has 0 atom stereocenters. The van der Waals surface area contributed by atoms with Crippen molar-refractivity contribution in [1.82, 2.24) is 10.3 Å². The zero-order chi connectivity index (χ0) is 20.1. The second-order valence-corrected chi connectivity index (χ2v) is 6.76. The number of nitrogens with one attached hydrogen (secondary N) is 2. The molecule has 1 heterocycles. The summed E-state index contributed by atoms with van der Waals surface area (Å²) in [6, 6.07) is 13.0. The van der Waals surface area contributed by atoms with Gasteiger partial charge in [0.25, 0.3) is 11.6 Å². The molecule has 0 fully saturated rings. The Balaban J connectivity index is 1.65. The highest BCUT2D eigenvalue weighted by atomic mass is 32.1. The van der Waals surface area contributed by atoms with Crippen LogP contribution in [0.5, 0.6) is 0 Å². The van der Waals surface area contributed by atoms with E-state index < -0.39 is 4.92 Å². The first-order valence-corrected chi connectivity index (χ1v) is 9.15. The SMILES string of the molecule is CC(=O)NCc1ccc(-c2csc(NC(=O)c3ccc([N+](=O)[O-])cc3)n2)cc1. The Labute approximate surface area is 164 Å². The molecule has 2 aromatic carbocycles. The first kappa shape index (κ1) is 19.2. The summed E-state index contributed by atoms with van der Waals surface area (Å²) < 4.78 is 0. The van der Waals surface area contributed by atoms with Gasteiger partial charge in [-0.3, -0.25) is 25.0 Å². The van der Waals surface area contributed by atoms with Crippen LogP contribution in [0.25, 0.3) is 11.3 Å². The van der Waals surface area contributed by atoms with Crippen molar-refractivity contribution < 1.29 is 14.5 Å². The van der Waals surface area contributed by atoms with E-state index in [-0.39, 0.29) is 17.5 Å². The quantitative estimate of drug-likeness (QED) is 0.488. The summed E-state index contributed by atoms with van der Waals surface area (Å²) >= 11 is 1.29. The smallest absolute Gasteiger partial charge is 0.269 e. The monoisotopic (exact) mass is 396 g/mol. The molecule has 0 unspecified atom stereocenters. The number of hydrogen-bond donors (Lipinski definition) is 2. The molecule has 9 heteroatoms. The number of benzene rings is 2. The van der Waals surface area contributed by atoms with Gasteiger partial charge in [0.05, 0.1) is 10.6 Å². The van der Waals surface area contributed by atoms with Crippen LogP contribution >= 0.6 is 11.3 Å². The van der Waals surface area contributed by atoms with Gasteiger partial charge in [0.2, 0.25) is 5.91 Å². The number of thiazole rings is 1. The van der Waals surface area contributed by atoms with Gasteiger partial charge >= 0.3 is 0 Å². The second kappa shape index (κ2) is 8.40. The van der Waals surface area contributed by atoms with Gasteiger partial charge in [-0.1, -0.05) is 24.3 Å². The normalized spacial score (nSPS) is 10.3. The number of nitrogens with zero attached hydrogens (tertiary/aromatic N) is 2. The van der Waals surface area contributed by atoms with Crippen molar-refractivity contribution in [3.05, 3.63) is 75.2 Å². The lowest BCUT2D eigenvalue weighted by atomic mass is 10.1. The summed E-state index contributed by atoms with van der Waals surface area (Å²) in [5, 5.41) is 18.4. The van der Waals surface area contributed by atoms with Gasteiger partial charge in [0, 0.05) is 42.1 Å². The van der Waals surface area contributed by atoms with Crippen molar-refractivity contribution in [3.63, 3.8) is 0 Å². The van der Waals surface area contributed by atoms with Crippen LogP contribution in [0.1, 0.15) is 22.8 Å². The van der Waals surface area contributed by atoms with Crippen molar-refractivity contribution in [2.75, 3.05) is 5.32 Å². The number of hydrogen-bond acceptors (Lipinski definition) is 6. The van der Waals surface area contributed by atoms with Crippen LogP contribution in [0.2, 0.25) is 0 Å². The molecular formula is C19H16N4O4S. The molecule has 142 valence electrons. The molecule has 1 aromatic heterocycles. The number of rotatable bonds is 6. The Morgan fingerprint density at radius 3 is 2.39 bits per heavy atom. The number of aromatic nitrogens is 1. The summed E-state index contributed by atoms with van der Waals surface area (Å²) in [6.07, 6.45) is 0. The maximum absolute atomic E-state index is 12.3. The highest BCUT2D eigenvalue weighted by Crippen LogP contribution is 2.25. The third-order valence-electron chi connectivity index (χ3n) is 3.86. The topological polar surface area (TPSA) is 114 Å². The Morgan fingerprint density at radius 1 is 1.11 bits per heavy atom. The van der Waals surface area contributed by atoms with Crippen molar-refractivity contribution >= 4 is 34.0 Å². The van der Waals surface area contributed by atoms with Gasteiger partial charge in [-0.05, 0) is 17.7 Å². The van der Waals surface area contributed by atoms with E-state index in [1.54, 1.807) is 0 Å². The zero-order valence-electron chi connectivity index (χ0n) is 14.8. The van der Waals surface area contributed by atoms with E-state index in [1.165, 1.54) is 42.5 Å². The summed E-state index contributed by atoms with van der Waals surface area (Å²) in [4.78, 5) is 37.8. The van der Waals surface area contributed by atoms with Crippen LogP contribution < -0.4 is 10.6 Å². The largest absolute Gasteiger partial charge is 0.352 e. The highest BCUT2D eigenvalue weighted by molar-refractivity contribution is 7.14. The molecule has 3 rings (SSSR count). The highest BCUT2D eigenvalue weighted by Gasteiger charge is 2.12. The molecule has 3 aromatic rings. The summed E-state index contributed by atoms with van der Waals surface area (Å²) in [6.45, 7) is 1.93. The number of carbonyl (C=O) groups is 2. The Bertz CT molecular complexity index is 1010. The van der Waals surface area contributed by atoms with E-state index in [2.05, 4.69) is 15.6 Å². The fourth-order valence-electron chi connectivity index (χ4n) is 2.39. The molecule has 0 aliphatic carbocycles. The second-order valence-electron chi connectivity index (χ2n) is 5.90. The molecule has 0 aliphatic heterocycles. The lowest BCUT2D eigenvalue weighted by Gasteiger charge is -2.03. The van der Waals surface area contributed by atoms with E-state index in [9.17, 15) is 19.7 Å². The fourth-order valence-corrected chi connectivity index (χ4v) is 3.10. The number of amides is 2. The van der Waals surface area contributed by atoms with E-state index >= 15 is 0 Å². The molecule has 0 saturated heterocycles. The minimum Gasteiger partial charge on any atom is -0.352 e. The van der Waals surface area contributed by atoms with Crippen LogP contribution in [0, 0.1) is 10.1 Å². The lowest BCUT2D eigenvalue weighted by molar-refractivity contribution is -0.384. The van der Waals surface area contributed by atoms with E-state index in [0.717, 1.165) is 16.8 Å². The van der Waals surface area contributed by atoms with Gasteiger partial charge in [0.15, 0.2) is 5.13 Å². The molecule has 0 bridgehead atoms. The summed E-state index contributed by atoms with van der Waals surface area (Å²) in [5.74, 6) is -0.474. The molecule has 0 aliphatic rings. The average Bonchev–Trinajstić information content (AvgIpc) is 3.15. The first-order chi connectivity index (χ1) is 13.4. The zero-order valence-corrected chi connectivity index (χ0v) is 15.7. The van der Waals surface area contributed by atoms with Gasteiger partial charge < -0.3 is 5.32 Å². The maximum atomic E-state index is 12.3. The molecule has 8 nitrogen and oxygen atoms in total. The number of non-ortho nitro benzene ring substituents is 1. The third-order valence-corrected chi connectivity index (χ3v) is 4.61. The molecule has 2 N–H and O–H groups in total. The molecule has 2 amide bonds. The van der Waals surface area contributed by atoms with Crippen LogP contribution in [-0.2, 0) is 11.3 Å². The average molecular weight is 396 g/mol. The Morgan fingerprint density at radius 2 is 1.79 bits per heavy atom. The molecule has 0 saturated carbocycles. The van der Waals surface area contributed by atoms with Crippen molar-refractivity contribution in [3.8, 4) is 11.3 Å². The first-order valence-electron chi connectivity index (χ1n) is 8.27. The fraction of sp³-hybridized carbons (Fsp3) is 0.105. The standard InChI is InChI=1S/C19H16N4O4S/c1-12(24)20-10-13-2-4-14(5-3-13)17-11-28-19(21-17)22-18(25)15-6-8-16(9-7-15)23(26)27/h2-9,11H,10H2,1H3,(H,20,24)(H,21,22,25). The Kier molecular flexibility index (Phi) is 5.75. The minimum atomic E-state index is -0.518. The van der Waals surface area contributed by atoms with Gasteiger partial charge in [-0.25, -0.2) is 4.98 Å². The van der Waals surface area contributed by atoms with E-state index in [1.807, 2.05) is 29.6 Å². The van der Waals surface area contributed by atoms with Crippen LogP contribution in [0.3, 0.4) is 0 Å². The molecule has 0 spiro atoms. The minimum absolute atomic E-state index is 0.0740. The van der Waals surface area contributed by atoms with Crippen molar-refractivity contribution in [2.24, 2.45) is 0 Å². The number of carbonyl (C=O) groups excluding carboxylic acids is 2. The Hall–Kier alpha value is -3.59. The molecule has 0 radical (unpaired) electrons. The van der Waals surface area contributed by atoms with Gasteiger partial charge in [-0.15, -0.1) is 11.3 Å². The number of nitro groups is 1. The molecular weight excluding hydrogens is 380 g/mol. The number of anilines is 1. The summed E-state index contributed by atoms with van der Waals surface area (Å²) in [5.41, 5.74) is 2.81. The van der Waals surface area contributed by atoms with Crippen molar-refractivity contribution in [1.29, 1.82) is 0 Å².